The number of nitrogens with zero attached hydrogens (tertiary/aromatic N) is 1. The van der Waals surface area contributed by atoms with E-state index in [1.165, 1.54) is 31.2 Å². The van der Waals surface area contributed by atoms with E-state index in [1.54, 1.807) is 0 Å². The van der Waals surface area contributed by atoms with Crippen LogP contribution < -0.4 is 5.32 Å². The van der Waals surface area contributed by atoms with Crippen molar-refractivity contribution in [2.45, 2.75) is 51.2 Å². The highest BCUT2D eigenvalue weighted by molar-refractivity contribution is 5.10. The van der Waals surface area contributed by atoms with E-state index in [0.29, 0.717) is 12.1 Å². The molecule has 1 N–H and O–H groups in total. The van der Waals surface area contributed by atoms with Crippen LogP contribution in [0.3, 0.4) is 0 Å². The van der Waals surface area contributed by atoms with Crippen LogP contribution in [0.1, 0.15) is 38.2 Å². The summed E-state index contributed by atoms with van der Waals surface area (Å²) in [5, 5.41) is 3.57. The summed E-state index contributed by atoms with van der Waals surface area (Å²) in [5.41, 5.74) is 1.32. The predicted molar refractivity (Wildman–Crippen MR) is 73.6 cm³/mol. The average molecular weight is 248 g/mol. The van der Waals surface area contributed by atoms with Gasteiger partial charge in [0.05, 0.1) is 6.10 Å². The van der Waals surface area contributed by atoms with Crippen molar-refractivity contribution >= 4 is 0 Å². The highest BCUT2D eigenvalue weighted by Gasteiger charge is 2.17. The lowest BCUT2D eigenvalue weighted by Gasteiger charge is -2.19. The minimum absolute atomic E-state index is 0.500. The summed E-state index contributed by atoms with van der Waals surface area (Å²) < 4.78 is 5.69. The van der Waals surface area contributed by atoms with E-state index in [1.807, 2.05) is 18.5 Å². The fraction of sp³-hybridized carbons (Fsp3) is 0.667. The minimum atomic E-state index is 0.500. The molecule has 0 radical (unpaired) electrons. The summed E-state index contributed by atoms with van der Waals surface area (Å²) >= 11 is 0. The van der Waals surface area contributed by atoms with E-state index >= 15 is 0 Å². The smallest absolute Gasteiger partial charge is 0.0576 e. The number of pyridine rings is 1. The number of hydrogen-bond acceptors (Lipinski definition) is 3. The second-order valence-electron chi connectivity index (χ2n) is 5.03. The van der Waals surface area contributed by atoms with Crippen LogP contribution in [0.4, 0.5) is 0 Å². The maximum atomic E-state index is 5.69. The summed E-state index contributed by atoms with van der Waals surface area (Å²) in [6, 6.07) is 4.71. The molecule has 2 atom stereocenters. The molecule has 2 unspecified atom stereocenters. The van der Waals surface area contributed by atoms with Crippen LogP contribution in [0.5, 0.6) is 0 Å². The first-order valence-corrected chi connectivity index (χ1v) is 7.12. The van der Waals surface area contributed by atoms with Crippen molar-refractivity contribution in [3.05, 3.63) is 30.1 Å². The van der Waals surface area contributed by atoms with E-state index in [-0.39, 0.29) is 0 Å². The zero-order valence-electron chi connectivity index (χ0n) is 11.3. The molecule has 1 aliphatic heterocycles. The van der Waals surface area contributed by atoms with Gasteiger partial charge >= 0.3 is 0 Å². The Morgan fingerprint density at radius 1 is 1.56 bits per heavy atom. The van der Waals surface area contributed by atoms with Gasteiger partial charge in [-0.25, -0.2) is 0 Å². The molecule has 18 heavy (non-hydrogen) atoms. The van der Waals surface area contributed by atoms with Crippen molar-refractivity contribution in [1.29, 1.82) is 0 Å². The number of aromatic nitrogens is 1. The van der Waals surface area contributed by atoms with Crippen molar-refractivity contribution in [2.24, 2.45) is 0 Å². The van der Waals surface area contributed by atoms with E-state index < -0.39 is 0 Å². The molecule has 2 rings (SSSR count). The van der Waals surface area contributed by atoms with Crippen LogP contribution in [0.25, 0.3) is 0 Å². The Labute approximate surface area is 110 Å². The average Bonchev–Trinajstić information content (AvgIpc) is 2.91. The Kier molecular flexibility index (Phi) is 5.62. The number of nitrogens with one attached hydrogen (secondary N) is 1. The van der Waals surface area contributed by atoms with Crippen LogP contribution >= 0.6 is 0 Å². The third-order valence-electron chi connectivity index (χ3n) is 3.56. The lowest BCUT2D eigenvalue weighted by atomic mass is 10.00. The molecule has 2 heterocycles. The van der Waals surface area contributed by atoms with Gasteiger partial charge in [-0.05, 0) is 50.3 Å². The molecule has 3 heteroatoms. The Bertz CT molecular complexity index is 323. The zero-order valence-corrected chi connectivity index (χ0v) is 11.3. The molecule has 0 aliphatic carbocycles. The molecule has 1 fully saturated rings. The topological polar surface area (TPSA) is 34.1 Å². The molecule has 0 amide bonds. The molecule has 0 saturated carbocycles. The van der Waals surface area contributed by atoms with Gasteiger partial charge in [0, 0.05) is 25.0 Å². The van der Waals surface area contributed by atoms with Gasteiger partial charge in [0.2, 0.25) is 0 Å². The lowest BCUT2D eigenvalue weighted by Crippen LogP contribution is -2.32. The number of ether oxygens (including phenoxy) is 1. The first-order valence-electron chi connectivity index (χ1n) is 7.12. The van der Waals surface area contributed by atoms with Gasteiger partial charge in [0.25, 0.3) is 0 Å². The Hall–Kier alpha value is -0.930. The molecule has 1 aliphatic rings. The van der Waals surface area contributed by atoms with Gasteiger partial charge in [-0.2, -0.15) is 0 Å². The fourth-order valence-electron chi connectivity index (χ4n) is 2.63. The number of rotatable bonds is 7. The van der Waals surface area contributed by atoms with Crippen LogP contribution in [0.2, 0.25) is 0 Å². The van der Waals surface area contributed by atoms with Crippen molar-refractivity contribution in [2.75, 3.05) is 13.2 Å². The summed E-state index contributed by atoms with van der Waals surface area (Å²) in [6.45, 7) is 4.15. The molecule has 3 nitrogen and oxygen atoms in total. The van der Waals surface area contributed by atoms with E-state index in [4.69, 9.17) is 4.74 Å². The van der Waals surface area contributed by atoms with E-state index in [2.05, 4.69) is 23.3 Å². The second-order valence-corrected chi connectivity index (χ2v) is 5.03. The largest absolute Gasteiger partial charge is 0.378 e. The van der Waals surface area contributed by atoms with Crippen molar-refractivity contribution in [1.82, 2.24) is 10.3 Å². The molecule has 1 aromatic heterocycles. The van der Waals surface area contributed by atoms with E-state index in [9.17, 15) is 0 Å². The molecule has 0 spiro atoms. The molecular weight excluding hydrogens is 224 g/mol. The third-order valence-corrected chi connectivity index (χ3v) is 3.56. The van der Waals surface area contributed by atoms with Gasteiger partial charge in [-0.1, -0.05) is 13.0 Å². The monoisotopic (exact) mass is 248 g/mol. The maximum Gasteiger partial charge on any atom is 0.0576 e. The van der Waals surface area contributed by atoms with Gasteiger partial charge < -0.3 is 10.1 Å². The minimum Gasteiger partial charge on any atom is -0.378 e. The van der Waals surface area contributed by atoms with Crippen LogP contribution in [0, 0.1) is 0 Å². The van der Waals surface area contributed by atoms with E-state index in [0.717, 1.165) is 19.6 Å². The first kappa shape index (κ1) is 13.5. The molecule has 1 saturated heterocycles. The number of likely N-dealkylation sites (N-methyl/N-ethyl adjacent to an activating group) is 1. The summed E-state index contributed by atoms with van der Waals surface area (Å²) in [5.74, 6) is 0. The Morgan fingerprint density at radius 3 is 3.17 bits per heavy atom. The normalized spacial score (nSPS) is 21.1. The summed E-state index contributed by atoms with van der Waals surface area (Å²) in [7, 11) is 0. The number of hydrogen-bond donors (Lipinski definition) is 1. The maximum absolute atomic E-state index is 5.69. The molecular formula is C15H24N2O. The van der Waals surface area contributed by atoms with Gasteiger partial charge in [0.1, 0.15) is 0 Å². The molecule has 1 aromatic rings. The predicted octanol–water partition coefficient (Wildman–Crippen LogP) is 2.56. The highest BCUT2D eigenvalue weighted by Crippen LogP contribution is 2.18. The van der Waals surface area contributed by atoms with Crippen LogP contribution in [-0.2, 0) is 11.2 Å². The van der Waals surface area contributed by atoms with Crippen LogP contribution in [0.15, 0.2) is 24.5 Å². The Balaban J connectivity index is 1.79. The van der Waals surface area contributed by atoms with Crippen molar-refractivity contribution < 1.29 is 4.74 Å². The Morgan fingerprint density at radius 2 is 2.50 bits per heavy atom. The van der Waals surface area contributed by atoms with Crippen molar-refractivity contribution in [3.8, 4) is 0 Å². The fourth-order valence-corrected chi connectivity index (χ4v) is 2.63. The summed E-state index contributed by atoms with van der Waals surface area (Å²) in [6.07, 6.45) is 10.2. The van der Waals surface area contributed by atoms with Crippen molar-refractivity contribution in [3.63, 3.8) is 0 Å². The molecule has 100 valence electrons. The zero-order chi connectivity index (χ0) is 12.6. The first-order chi connectivity index (χ1) is 8.88. The SMILES string of the molecule is CCNC(CCC1CCCO1)Cc1cccnc1. The standard InChI is InChI=1S/C15H24N2O/c1-2-17-14(7-8-15-6-4-10-18-15)11-13-5-3-9-16-12-13/h3,5,9,12,14-15,17H,2,4,6-8,10-11H2,1H3. The molecule has 0 bridgehead atoms. The second kappa shape index (κ2) is 7.49. The lowest BCUT2D eigenvalue weighted by molar-refractivity contribution is 0.0996. The van der Waals surface area contributed by atoms with Gasteiger partial charge in [-0.3, -0.25) is 4.98 Å². The molecule has 0 aromatic carbocycles. The quantitative estimate of drug-likeness (QED) is 0.805. The van der Waals surface area contributed by atoms with Gasteiger partial charge in [-0.15, -0.1) is 0 Å². The third kappa shape index (κ3) is 4.39. The summed E-state index contributed by atoms with van der Waals surface area (Å²) in [4.78, 5) is 4.18. The van der Waals surface area contributed by atoms with Gasteiger partial charge in [0.15, 0.2) is 0 Å². The van der Waals surface area contributed by atoms with Crippen LogP contribution in [-0.4, -0.2) is 30.3 Å². The highest BCUT2D eigenvalue weighted by atomic mass is 16.5.